The molecule has 1 amide bonds. The normalized spacial score (nSPS) is 23.6. The fourth-order valence-electron chi connectivity index (χ4n) is 4.66. The number of carbonyl (C=O) groups is 1. The van der Waals surface area contributed by atoms with Gasteiger partial charge in [-0.1, -0.05) is 24.9 Å². The zero-order valence-corrected chi connectivity index (χ0v) is 19.4. The van der Waals surface area contributed by atoms with Gasteiger partial charge in [-0.05, 0) is 62.8 Å². The second kappa shape index (κ2) is 9.62. The Kier molecular flexibility index (Phi) is 6.85. The molecule has 2 atom stereocenters. The Morgan fingerprint density at radius 1 is 1.19 bits per heavy atom. The minimum atomic E-state index is -3.79. The number of aromatic nitrogens is 1. The summed E-state index contributed by atoms with van der Waals surface area (Å²) in [7, 11) is -3.79. The van der Waals surface area contributed by atoms with E-state index >= 15 is 0 Å². The summed E-state index contributed by atoms with van der Waals surface area (Å²) in [6, 6.07) is 3.75. The molecule has 0 bridgehead atoms. The van der Waals surface area contributed by atoms with Crippen molar-refractivity contribution in [2.45, 2.75) is 63.3 Å². The van der Waals surface area contributed by atoms with E-state index in [9.17, 15) is 13.2 Å². The van der Waals surface area contributed by atoms with Gasteiger partial charge < -0.3 is 14.3 Å². The number of nitrogens with one attached hydrogen (secondary N) is 1. The fourth-order valence-corrected chi connectivity index (χ4v) is 6.38. The minimum Gasteiger partial charge on any atom is -0.465 e. The standard InChI is InChI=1S/C23H31N3O5S/c1-16-6-3-4-8-20(16)24-23(27)18-11-13-26(14-12-18)32(28,29)22-17(2)25-31-21(22)10-9-19-7-5-15-30-19/h5,7,9-10,15-16,18,20H,3-4,6,8,11-14H2,1-2H3,(H,24,27)/b10-9+/t16-,20-/m1/s1. The Morgan fingerprint density at radius 2 is 1.94 bits per heavy atom. The largest absolute Gasteiger partial charge is 0.465 e. The Balaban J connectivity index is 1.41. The lowest BCUT2D eigenvalue weighted by Crippen LogP contribution is -2.47. The van der Waals surface area contributed by atoms with Crippen LogP contribution in [-0.4, -0.2) is 42.9 Å². The molecule has 8 nitrogen and oxygen atoms in total. The minimum absolute atomic E-state index is 0.0593. The lowest BCUT2D eigenvalue weighted by atomic mass is 9.85. The van der Waals surface area contributed by atoms with E-state index in [1.807, 2.05) is 0 Å². The predicted octanol–water partition coefficient (Wildman–Crippen LogP) is 3.84. The van der Waals surface area contributed by atoms with Crippen molar-refractivity contribution in [3.63, 3.8) is 0 Å². The number of piperidine rings is 1. The molecule has 2 aromatic rings. The zero-order chi connectivity index (χ0) is 22.7. The summed E-state index contributed by atoms with van der Waals surface area (Å²) in [5.74, 6) is 1.16. The third-order valence-electron chi connectivity index (χ3n) is 6.64. The van der Waals surface area contributed by atoms with Crippen molar-refractivity contribution in [1.82, 2.24) is 14.8 Å². The van der Waals surface area contributed by atoms with Gasteiger partial charge >= 0.3 is 0 Å². The lowest BCUT2D eigenvalue weighted by molar-refractivity contribution is -0.127. The fraction of sp³-hybridized carbons (Fsp3) is 0.565. The summed E-state index contributed by atoms with van der Waals surface area (Å²) in [4.78, 5) is 12.8. The van der Waals surface area contributed by atoms with E-state index in [4.69, 9.17) is 8.94 Å². The van der Waals surface area contributed by atoms with Crippen molar-refractivity contribution in [3.05, 3.63) is 35.6 Å². The topological polar surface area (TPSA) is 106 Å². The van der Waals surface area contributed by atoms with Gasteiger partial charge in [-0.2, -0.15) is 4.31 Å². The van der Waals surface area contributed by atoms with E-state index in [1.165, 1.54) is 17.0 Å². The summed E-state index contributed by atoms with van der Waals surface area (Å²) in [6.45, 7) is 4.41. The molecule has 0 radical (unpaired) electrons. The second-order valence-electron chi connectivity index (χ2n) is 8.87. The molecule has 0 spiro atoms. The lowest BCUT2D eigenvalue weighted by Gasteiger charge is -2.34. The molecule has 2 aliphatic rings. The Hall–Kier alpha value is -2.39. The molecule has 1 N–H and O–H groups in total. The van der Waals surface area contributed by atoms with E-state index in [2.05, 4.69) is 17.4 Å². The summed E-state index contributed by atoms with van der Waals surface area (Å²) in [5, 5.41) is 7.08. The quantitative estimate of drug-likeness (QED) is 0.701. The van der Waals surface area contributed by atoms with Crippen molar-refractivity contribution in [1.29, 1.82) is 0 Å². The molecule has 0 unspecified atom stereocenters. The van der Waals surface area contributed by atoms with Crippen LogP contribution in [0.25, 0.3) is 12.2 Å². The third kappa shape index (κ3) is 4.83. The second-order valence-corrected chi connectivity index (χ2v) is 10.7. The average molecular weight is 462 g/mol. The van der Waals surface area contributed by atoms with Gasteiger partial charge in [-0.25, -0.2) is 8.42 Å². The average Bonchev–Trinajstić information content (AvgIpc) is 3.43. The van der Waals surface area contributed by atoms with Crippen molar-refractivity contribution >= 4 is 28.1 Å². The van der Waals surface area contributed by atoms with Crippen LogP contribution < -0.4 is 5.32 Å². The highest BCUT2D eigenvalue weighted by atomic mass is 32.2. The maximum atomic E-state index is 13.4. The summed E-state index contributed by atoms with van der Waals surface area (Å²) < 4.78 is 38.7. The highest BCUT2D eigenvalue weighted by Crippen LogP contribution is 2.30. The molecule has 32 heavy (non-hydrogen) atoms. The number of nitrogens with zero attached hydrogens (tertiary/aromatic N) is 2. The number of carbonyl (C=O) groups excluding carboxylic acids is 1. The van der Waals surface area contributed by atoms with Gasteiger partial charge in [0.2, 0.25) is 15.9 Å². The molecule has 3 heterocycles. The molecule has 0 aromatic carbocycles. The Morgan fingerprint density at radius 3 is 2.62 bits per heavy atom. The Labute approximate surface area is 189 Å². The van der Waals surface area contributed by atoms with E-state index in [-0.39, 0.29) is 28.5 Å². The molecule has 1 aliphatic heterocycles. The maximum absolute atomic E-state index is 13.4. The van der Waals surface area contributed by atoms with Crippen molar-refractivity contribution < 1.29 is 22.2 Å². The van der Waals surface area contributed by atoms with E-state index in [1.54, 1.807) is 31.2 Å². The highest BCUT2D eigenvalue weighted by molar-refractivity contribution is 7.89. The van der Waals surface area contributed by atoms with Crippen LogP contribution in [0.4, 0.5) is 0 Å². The van der Waals surface area contributed by atoms with Gasteiger partial charge in [0.05, 0.1) is 6.26 Å². The number of hydrogen-bond acceptors (Lipinski definition) is 6. The SMILES string of the molecule is Cc1noc(/C=C/c2ccco2)c1S(=O)(=O)N1CCC(C(=O)N[C@@H]2CCCC[C@H]2C)CC1. The maximum Gasteiger partial charge on any atom is 0.248 e. The molecule has 1 aliphatic carbocycles. The van der Waals surface area contributed by atoms with Crippen LogP contribution in [0.1, 0.15) is 62.7 Å². The van der Waals surface area contributed by atoms with Crippen LogP contribution in [0.3, 0.4) is 0 Å². The molecule has 174 valence electrons. The van der Waals surface area contributed by atoms with Crippen LogP contribution >= 0.6 is 0 Å². The number of rotatable bonds is 6. The molecule has 2 aromatic heterocycles. The van der Waals surface area contributed by atoms with Crippen molar-refractivity contribution in [2.75, 3.05) is 13.1 Å². The summed E-state index contributed by atoms with van der Waals surface area (Å²) in [5.41, 5.74) is 0.315. The molecule has 4 rings (SSSR count). The van der Waals surface area contributed by atoms with E-state index < -0.39 is 10.0 Å². The van der Waals surface area contributed by atoms with Crippen LogP contribution in [0.5, 0.6) is 0 Å². The Bertz CT molecular complexity index is 1050. The van der Waals surface area contributed by atoms with Crippen molar-refractivity contribution in [2.24, 2.45) is 11.8 Å². The van der Waals surface area contributed by atoms with Gasteiger partial charge in [-0.3, -0.25) is 4.79 Å². The predicted molar refractivity (Wildman–Crippen MR) is 120 cm³/mol. The monoisotopic (exact) mass is 461 g/mol. The third-order valence-corrected chi connectivity index (χ3v) is 8.69. The van der Waals surface area contributed by atoms with Crippen LogP contribution in [-0.2, 0) is 14.8 Å². The van der Waals surface area contributed by atoms with Crippen LogP contribution in [0.2, 0.25) is 0 Å². The zero-order valence-electron chi connectivity index (χ0n) is 18.6. The highest BCUT2D eigenvalue weighted by Gasteiger charge is 2.36. The van der Waals surface area contributed by atoms with Gasteiger partial charge in [0, 0.05) is 25.0 Å². The smallest absolute Gasteiger partial charge is 0.248 e. The summed E-state index contributed by atoms with van der Waals surface area (Å²) >= 11 is 0. The van der Waals surface area contributed by atoms with E-state index in [0.717, 1.165) is 19.3 Å². The van der Waals surface area contributed by atoms with Gasteiger partial charge in [0.25, 0.3) is 0 Å². The first kappa shape index (κ1) is 22.8. The molecular formula is C23H31N3O5S. The van der Waals surface area contributed by atoms with Crippen LogP contribution in [0.15, 0.2) is 32.2 Å². The number of hydrogen-bond donors (Lipinski definition) is 1. The van der Waals surface area contributed by atoms with E-state index in [0.29, 0.717) is 43.3 Å². The first-order valence-electron chi connectivity index (χ1n) is 11.3. The van der Waals surface area contributed by atoms with Crippen LogP contribution in [0, 0.1) is 18.8 Å². The summed E-state index contributed by atoms with van der Waals surface area (Å²) in [6.07, 6.45) is 10.3. The number of amides is 1. The van der Waals surface area contributed by atoms with Gasteiger partial charge in [-0.15, -0.1) is 0 Å². The molecule has 9 heteroatoms. The molecule has 1 saturated heterocycles. The number of furan rings is 1. The first-order valence-corrected chi connectivity index (χ1v) is 12.8. The number of aryl methyl sites for hydroxylation is 1. The first-order chi connectivity index (χ1) is 15.4. The molecule has 1 saturated carbocycles. The van der Waals surface area contributed by atoms with Gasteiger partial charge in [0.15, 0.2) is 10.7 Å². The molecular weight excluding hydrogens is 430 g/mol. The number of sulfonamides is 1. The molecule has 2 fully saturated rings. The van der Waals surface area contributed by atoms with Crippen molar-refractivity contribution in [3.8, 4) is 0 Å². The van der Waals surface area contributed by atoms with Gasteiger partial charge in [0.1, 0.15) is 11.5 Å².